The lowest BCUT2D eigenvalue weighted by Gasteiger charge is -2.26. The van der Waals surface area contributed by atoms with Crippen molar-refractivity contribution in [2.75, 3.05) is 13.2 Å². The highest BCUT2D eigenvalue weighted by molar-refractivity contribution is 5.95. The van der Waals surface area contributed by atoms with Crippen LogP contribution in [0.5, 0.6) is 5.88 Å². The molecule has 1 aromatic rings. The van der Waals surface area contributed by atoms with Gasteiger partial charge in [0.15, 0.2) is 5.84 Å². The number of nitrogens with zero attached hydrogens (tertiary/aromatic N) is 2. The van der Waals surface area contributed by atoms with E-state index in [4.69, 9.17) is 20.4 Å². The molecule has 0 atom stereocenters. The molecule has 80 valence electrons. The van der Waals surface area contributed by atoms with Crippen molar-refractivity contribution < 1.29 is 14.7 Å². The molecule has 1 aromatic heterocycles. The Kier molecular flexibility index (Phi) is 2.68. The first-order valence-corrected chi connectivity index (χ1v) is 4.49. The van der Waals surface area contributed by atoms with E-state index in [-0.39, 0.29) is 11.9 Å². The van der Waals surface area contributed by atoms with Crippen LogP contribution in [0.25, 0.3) is 0 Å². The molecular weight excluding hydrogens is 198 g/mol. The first-order valence-electron chi connectivity index (χ1n) is 4.49. The topological polar surface area (TPSA) is 90.0 Å². The van der Waals surface area contributed by atoms with Gasteiger partial charge >= 0.3 is 0 Å². The van der Waals surface area contributed by atoms with Gasteiger partial charge in [-0.1, -0.05) is 11.2 Å². The largest absolute Gasteiger partial charge is 0.469 e. The van der Waals surface area contributed by atoms with Gasteiger partial charge in [-0.15, -0.1) is 0 Å². The van der Waals surface area contributed by atoms with Crippen molar-refractivity contribution in [3.8, 4) is 5.88 Å². The first-order chi connectivity index (χ1) is 7.29. The first kappa shape index (κ1) is 9.72. The van der Waals surface area contributed by atoms with Gasteiger partial charge in [0.05, 0.1) is 13.2 Å². The zero-order valence-electron chi connectivity index (χ0n) is 7.96. The van der Waals surface area contributed by atoms with Crippen LogP contribution >= 0.6 is 0 Å². The lowest BCUT2D eigenvalue weighted by Crippen LogP contribution is -2.38. The van der Waals surface area contributed by atoms with Gasteiger partial charge in [0, 0.05) is 6.07 Å². The Morgan fingerprint density at radius 1 is 1.60 bits per heavy atom. The SMILES string of the molecule is N/C(=N/O)c1cccc(OC2COC2)n1. The highest BCUT2D eigenvalue weighted by Gasteiger charge is 2.20. The van der Waals surface area contributed by atoms with Crippen molar-refractivity contribution in [1.82, 2.24) is 4.98 Å². The molecule has 3 N–H and O–H groups in total. The van der Waals surface area contributed by atoms with Gasteiger partial charge in [0.1, 0.15) is 11.8 Å². The Bertz CT molecular complexity index is 377. The third kappa shape index (κ3) is 2.16. The quantitative estimate of drug-likeness (QED) is 0.315. The molecule has 1 aliphatic rings. The number of pyridine rings is 1. The van der Waals surface area contributed by atoms with Gasteiger partial charge in [-0.3, -0.25) is 0 Å². The molecular formula is C9H11N3O3. The Morgan fingerprint density at radius 3 is 3.00 bits per heavy atom. The monoisotopic (exact) mass is 209 g/mol. The van der Waals surface area contributed by atoms with E-state index in [2.05, 4.69) is 10.1 Å². The van der Waals surface area contributed by atoms with Gasteiger partial charge in [0.25, 0.3) is 0 Å². The molecule has 0 saturated carbocycles. The normalized spacial score (nSPS) is 17.2. The summed E-state index contributed by atoms with van der Waals surface area (Å²) in [6.45, 7) is 1.16. The van der Waals surface area contributed by atoms with Crippen LogP contribution in [-0.4, -0.2) is 35.3 Å². The van der Waals surface area contributed by atoms with Crippen LogP contribution < -0.4 is 10.5 Å². The second kappa shape index (κ2) is 4.14. The van der Waals surface area contributed by atoms with E-state index in [1.165, 1.54) is 0 Å². The summed E-state index contributed by atoms with van der Waals surface area (Å²) >= 11 is 0. The summed E-state index contributed by atoms with van der Waals surface area (Å²) in [5.74, 6) is 0.415. The standard InChI is InChI=1S/C9H11N3O3/c10-9(12-13)7-2-1-3-8(11-7)15-6-4-14-5-6/h1-3,6,13H,4-5H2,(H2,10,12). The van der Waals surface area contributed by atoms with E-state index < -0.39 is 0 Å². The van der Waals surface area contributed by atoms with Crippen molar-refractivity contribution in [1.29, 1.82) is 0 Å². The third-order valence-corrected chi connectivity index (χ3v) is 1.99. The van der Waals surface area contributed by atoms with E-state index in [9.17, 15) is 0 Å². The van der Waals surface area contributed by atoms with Crippen LogP contribution in [0.2, 0.25) is 0 Å². The van der Waals surface area contributed by atoms with Gasteiger partial charge < -0.3 is 20.4 Å². The average Bonchev–Trinajstić information content (AvgIpc) is 2.23. The van der Waals surface area contributed by atoms with Gasteiger partial charge in [-0.2, -0.15) is 0 Å². The summed E-state index contributed by atoms with van der Waals surface area (Å²) in [6.07, 6.45) is 0.0556. The van der Waals surface area contributed by atoms with Crippen molar-refractivity contribution in [2.24, 2.45) is 10.9 Å². The van der Waals surface area contributed by atoms with Gasteiger partial charge in [-0.05, 0) is 6.07 Å². The summed E-state index contributed by atoms with van der Waals surface area (Å²) in [5.41, 5.74) is 5.78. The molecule has 6 heteroatoms. The molecule has 0 aliphatic carbocycles. The predicted molar refractivity (Wildman–Crippen MR) is 52.0 cm³/mol. The van der Waals surface area contributed by atoms with Crippen LogP contribution in [0, 0.1) is 0 Å². The number of hydrogen-bond donors (Lipinski definition) is 2. The second-order valence-corrected chi connectivity index (χ2v) is 3.12. The zero-order chi connectivity index (χ0) is 10.7. The number of amidine groups is 1. The number of rotatable bonds is 3. The van der Waals surface area contributed by atoms with Crippen molar-refractivity contribution in [3.63, 3.8) is 0 Å². The van der Waals surface area contributed by atoms with Crippen LogP contribution in [0.1, 0.15) is 5.69 Å². The number of nitrogens with two attached hydrogens (primary N) is 1. The fourth-order valence-corrected chi connectivity index (χ4v) is 1.13. The summed E-state index contributed by atoms with van der Waals surface area (Å²) < 4.78 is 10.4. The van der Waals surface area contributed by atoms with Crippen LogP contribution in [0.4, 0.5) is 0 Å². The fraction of sp³-hybridized carbons (Fsp3) is 0.333. The van der Waals surface area contributed by atoms with E-state index in [1.807, 2.05) is 0 Å². The molecule has 1 fully saturated rings. The molecule has 15 heavy (non-hydrogen) atoms. The average molecular weight is 209 g/mol. The summed E-state index contributed by atoms with van der Waals surface area (Å²) in [4.78, 5) is 4.07. The molecule has 1 aliphatic heterocycles. The molecule has 0 unspecified atom stereocenters. The number of aromatic nitrogens is 1. The number of ether oxygens (including phenoxy) is 2. The van der Waals surface area contributed by atoms with Gasteiger partial charge in [0.2, 0.25) is 5.88 Å². The van der Waals surface area contributed by atoms with Crippen molar-refractivity contribution in [2.45, 2.75) is 6.10 Å². The van der Waals surface area contributed by atoms with Crippen molar-refractivity contribution in [3.05, 3.63) is 23.9 Å². The molecule has 0 spiro atoms. The smallest absolute Gasteiger partial charge is 0.214 e. The number of oxime groups is 1. The van der Waals surface area contributed by atoms with E-state index in [0.29, 0.717) is 24.8 Å². The highest BCUT2D eigenvalue weighted by atomic mass is 16.6. The Labute approximate surface area is 86.3 Å². The van der Waals surface area contributed by atoms with E-state index >= 15 is 0 Å². The molecule has 2 heterocycles. The minimum absolute atomic E-state index is 0.0368. The maximum absolute atomic E-state index is 8.48. The Hall–Kier alpha value is -1.82. The molecule has 1 saturated heterocycles. The van der Waals surface area contributed by atoms with E-state index in [1.54, 1.807) is 18.2 Å². The minimum atomic E-state index is -0.0368. The minimum Gasteiger partial charge on any atom is -0.469 e. The second-order valence-electron chi connectivity index (χ2n) is 3.12. The van der Waals surface area contributed by atoms with Crippen LogP contribution in [-0.2, 0) is 4.74 Å². The van der Waals surface area contributed by atoms with Gasteiger partial charge in [-0.25, -0.2) is 4.98 Å². The van der Waals surface area contributed by atoms with Crippen LogP contribution in [0.15, 0.2) is 23.4 Å². The lowest BCUT2D eigenvalue weighted by atomic mass is 10.3. The van der Waals surface area contributed by atoms with Crippen molar-refractivity contribution >= 4 is 5.84 Å². The maximum Gasteiger partial charge on any atom is 0.214 e. The van der Waals surface area contributed by atoms with E-state index in [0.717, 1.165) is 0 Å². The summed E-state index contributed by atoms with van der Waals surface area (Å²) in [5, 5.41) is 11.3. The molecule has 0 aromatic carbocycles. The van der Waals surface area contributed by atoms with Crippen LogP contribution in [0.3, 0.4) is 0 Å². The fourth-order valence-electron chi connectivity index (χ4n) is 1.13. The molecule has 0 bridgehead atoms. The maximum atomic E-state index is 8.48. The Morgan fingerprint density at radius 2 is 2.40 bits per heavy atom. The lowest BCUT2D eigenvalue weighted by molar-refractivity contribution is -0.0813. The highest BCUT2D eigenvalue weighted by Crippen LogP contribution is 2.13. The molecule has 2 rings (SSSR count). The predicted octanol–water partition coefficient (Wildman–Crippen LogP) is -0.0463. The summed E-state index contributed by atoms with van der Waals surface area (Å²) in [7, 11) is 0. The third-order valence-electron chi connectivity index (χ3n) is 1.99. The zero-order valence-corrected chi connectivity index (χ0v) is 7.96. The Balaban J connectivity index is 2.11. The molecule has 0 radical (unpaired) electrons. The summed E-state index contributed by atoms with van der Waals surface area (Å²) in [6, 6.07) is 5.08. The molecule has 6 nitrogen and oxygen atoms in total. The molecule has 0 amide bonds. The number of hydrogen-bond acceptors (Lipinski definition) is 5.